The number of piperidine rings is 1. The van der Waals surface area contributed by atoms with E-state index in [4.69, 9.17) is 4.99 Å². The Morgan fingerprint density at radius 1 is 1.21 bits per heavy atom. The number of aliphatic imine (C=N–C) groups is 1. The summed E-state index contributed by atoms with van der Waals surface area (Å²) in [5, 5.41) is 18.4. The average molecular weight is 537 g/mol. The van der Waals surface area contributed by atoms with Gasteiger partial charge in [0.25, 0.3) is 0 Å². The zero-order chi connectivity index (χ0) is 27.2. The smallest absolute Gasteiger partial charge is 0.154 e. The number of hydrogen-bond acceptors (Lipinski definition) is 6. The lowest BCUT2D eigenvalue weighted by Gasteiger charge is -2.22. The Balaban J connectivity index is 1.32. The number of pyridine rings is 1. The SMILES string of the molecule is C=C/C=C(\C1=C(C)NC(c2n[nH]/c(=C/C=C(\C)c3cncc(CC4CCNCC4)c3)c2=C)=NC1)c1cccs1. The quantitative estimate of drug-likeness (QED) is 0.368. The lowest BCUT2D eigenvalue weighted by molar-refractivity contribution is 0.372. The molecule has 1 saturated heterocycles. The van der Waals surface area contributed by atoms with Crippen molar-refractivity contribution >= 4 is 41.0 Å². The fraction of sp³-hybridized carbons (Fsp3) is 0.281. The number of nitrogens with one attached hydrogen (secondary N) is 3. The van der Waals surface area contributed by atoms with Gasteiger partial charge in [0.1, 0.15) is 5.69 Å². The maximum absolute atomic E-state index is 4.83. The number of rotatable bonds is 8. The number of nitrogens with zero attached hydrogens (tertiary/aromatic N) is 3. The summed E-state index contributed by atoms with van der Waals surface area (Å²) >= 11 is 1.71. The van der Waals surface area contributed by atoms with Crippen LogP contribution in [0.5, 0.6) is 0 Å². The molecule has 3 aromatic rings. The normalized spacial score (nSPS) is 17.8. The monoisotopic (exact) mass is 536 g/mol. The molecule has 0 unspecified atom stereocenters. The Hall–Kier alpha value is -3.81. The highest BCUT2D eigenvalue weighted by Gasteiger charge is 2.20. The van der Waals surface area contributed by atoms with E-state index in [9.17, 15) is 0 Å². The first-order valence-electron chi connectivity index (χ1n) is 13.5. The van der Waals surface area contributed by atoms with Gasteiger partial charge in [-0.15, -0.1) is 11.3 Å². The van der Waals surface area contributed by atoms with Crippen LogP contribution >= 0.6 is 11.3 Å². The van der Waals surface area contributed by atoms with Gasteiger partial charge in [0.05, 0.1) is 11.9 Å². The Morgan fingerprint density at radius 3 is 2.79 bits per heavy atom. The molecule has 200 valence electrons. The van der Waals surface area contributed by atoms with Gasteiger partial charge in [-0.05, 0) is 98.0 Å². The van der Waals surface area contributed by atoms with Crippen molar-refractivity contribution in [1.29, 1.82) is 0 Å². The highest BCUT2D eigenvalue weighted by molar-refractivity contribution is 7.11. The Labute approximate surface area is 234 Å². The van der Waals surface area contributed by atoms with E-state index < -0.39 is 0 Å². The van der Waals surface area contributed by atoms with E-state index in [-0.39, 0.29) is 0 Å². The van der Waals surface area contributed by atoms with Gasteiger partial charge < -0.3 is 10.6 Å². The third kappa shape index (κ3) is 6.27. The molecule has 3 aromatic heterocycles. The van der Waals surface area contributed by atoms with Crippen molar-refractivity contribution < 1.29 is 0 Å². The van der Waals surface area contributed by atoms with E-state index >= 15 is 0 Å². The largest absolute Gasteiger partial charge is 0.342 e. The van der Waals surface area contributed by atoms with Crippen LogP contribution in [-0.2, 0) is 6.42 Å². The Kier molecular flexibility index (Phi) is 8.49. The van der Waals surface area contributed by atoms with Crippen LogP contribution in [0.3, 0.4) is 0 Å². The lowest BCUT2D eigenvalue weighted by atomic mass is 9.91. The molecule has 5 heterocycles. The molecular formula is C32H36N6S. The van der Waals surface area contributed by atoms with Crippen molar-refractivity contribution in [2.24, 2.45) is 10.9 Å². The van der Waals surface area contributed by atoms with Gasteiger partial charge in [-0.2, -0.15) is 5.10 Å². The molecular weight excluding hydrogens is 500 g/mol. The zero-order valence-electron chi connectivity index (χ0n) is 22.8. The van der Waals surface area contributed by atoms with E-state index in [1.54, 1.807) is 11.3 Å². The van der Waals surface area contributed by atoms with Gasteiger partial charge in [-0.3, -0.25) is 15.1 Å². The molecule has 0 aliphatic carbocycles. The molecule has 3 N–H and O–H groups in total. The second-order valence-corrected chi connectivity index (χ2v) is 11.1. The highest BCUT2D eigenvalue weighted by atomic mass is 32.1. The van der Waals surface area contributed by atoms with E-state index in [0.29, 0.717) is 6.54 Å². The molecule has 2 aliphatic heterocycles. The predicted molar refractivity (Wildman–Crippen MR) is 165 cm³/mol. The first-order valence-corrected chi connectivity index (χ1v) is 14.4. The molecule has 5 rings (SSSR count). The minimum atomic E-state index is 0.566. The number of aromatic nitrogens is 3. The number of thiophene rings is 1. The molecule has 0 atom stereocenters. The third-order valence-electron chi connectivity index (χ3n) is 7.41. The maximum atomic E-state index is 4.83. The van der Waals surface area contributed by atoms with Gasteiger partial charge in [-0.25, -0.2) is 0 Å². The number of aromatic amines is 1. The maximum Gasteiger partial charge on any atom is 0.154 e. The number of amidine groups is 1. The molecule has 6 nitrogen and oxygen atoms in total. The number of hydrogen-bond donors (Lipinski definition) is 3. The van der Waals surface area contributed by atoms with Crippen LogP contribution in [0.1, 0.15) is 48.4 Å². The summed E-state index contributed by atoms with van der Waals surface area (Å²) < 4.78 is 0. The van der Waals surface area contributed by atoms with Gasteiger partial charge in [0.15, 0.2) is 5.84 Å². The molecule has 39 heavy (non-hydrogen) atoms. The van der Waals surface area contributed by atoms with Crippen molar-refractivity contribution in [1.82, 2.24) is 25.8 Å². The summed E-state index contributed by atoms with van der Waals surface area (Å²) in [6.45, 7) is 15.2. The van der Waals surface area contributed by atoms with Crippen molar-refractivity contribution in [3.63, 3.8) is 0 Å². The van der Waals surface area contributed by atoms with E-state index in [0.717, 1.165) is 75.5 Å². The van der Waals surface area contributed by atoms with Gasteiger partial charge in [0.2, 0.25) is 0 Å². The van der Waals surface area contributed by atoms with Crippen LogP contribution in [0.2, 0.25) is 0 Å². The summed E-state index contributed by atoms with van der Waals surface area (Å²) in [7, 11) is 0. The molecule has 0 saturated carbocycles. The number of H-pyrrole nitrogens is 1. The molecule has 2 aliphatic rings. The van der Waals surface area contributed by atoms with Gasteiger partial charge in [-0.1, -0.05) is 37.5 Å². The van der Waals surface area contributed by atoms with Crippen LogP contribution in [0, 0.1) is 5.92 Å². The second-order valence-electron chi connectivity index (χ2n) is 10.1. The Bertz CT molecular complexity index is 1560. The van der Waals surface area contributed by atoms with Crippen molar-refractivity contribution in [2.75, 3.05) is 19.6 Å². The summed E-state index contributed by atoms with van der Waals surface area (Å²) in [4.78, 5) is 10.6. The van der Waals surface area contributed by atoms with Crippen LogP contribution in [-0.4, -0.2) is 40.7 Å². The standard InChI is InChI=1S/C32H36N6S/c1-5-7-27(30-8-6-15-39-30)28-20-35-32(36-23(28)4)31-22(3)29(37-38-31)10-9-21(2)26-17-25(18-34-19-26)16-24-11-13-33-14-12-24/h5-10,15,17-19,24,33,37H,1,3,11-14,16,20H2,2,4H3,(H,35,36)/b21-9+,27-7+,29-10+. The topological polar surface area (TPSA) is 78.0 Å². The fourth-order valence-corrected chi connectivity index (χ4v) is 5.90. The first kappa shape index (κ1) is 26.8. The second kappa shape index (κ2) is 12.4. The minimum absolute atomic E-state index is 0.566. The molecule has 0 aromatic carbocycles. The van der Waals surface area contributed by atoms with Crippen LogP contribution in [0.4, 0.5) is 0 Å². The summed E-state index contributed by atoms with van der Waals surface area (Å²) in [6, 6.07) is 6.46. The van der Waals surface area contributed by atoms with Crippen LogP contribution in [0.15, 0.2) is 77.0 Å². The first-order chi connectivity index (χ1) is 19.0. The van der Waals surface area contributed by atoms with E-state index in [1.165, 1.54) is 23.3 Å². The Morgan fingerprint density at radius 2 is 2.05 bits per heavy atom. The molecule has 0 radical (unpaired) electrons. The summed E-state index contributed by atoms with van der Waals surface area (Å²) in [6.07, 6.45) is 15.5. The highest BCUT2D eigenvalue weighted by Crippen LogP contribution is 2.30. The molecule has 0 amide bonds. The predicted octanol–water partition coefficient (Wildman–Crippen LogP) is 4.60. The minimum Gasteiger partial charge on any atom is -0.342 e. The molecule has 0 spiro atoms. The molecule has 7 heteroatoms. The van der Waals surface area contributed by atoms with E-state index in [1.807, 2.05) is 24.5 Å². The molecule has 0 bridgehead atoms. The third-order valence-corrected chi connectivity index (χ3v) is 8.31. The van der Waals surface area contributed by atoms with Crippen LogP contribution < -0.4 is 21.2 Å². The van der Waals surface area contributed by atoms with Crippen molar-refractivity contribution in [3.8, 4) is 0 Å². The summed E-state index contributed by atoms with van der Waals surface area (Å²) in [5.41, 5.74) is 7.70. The van der Waals surface area contributed by atoms with Crippen molar-refractivity contribution in [3.05, 3.63) is 104 Å². The molecule has 1 fully saturated rings. The van der Waals surface area contributed by atoms with Crippen LogP contribution in [0.25, 0.3) is 23.8 Å². The van der Waals surface area contributed by atoms with Gasteiger partial charge >= 0.3 is 0 Å². The van der Waals surface area contributed by atoms with E-state index in [2.05, 4.69) is 88.6 Å². The fourth-order valence-electron chi connectivity index (χ4n) is 5.12. The number of allylic oxidation sites excluding steroid dienone is 5. The van der Waals surface area contributed by atoms with Crippen molar-refractivity contribution in [2.45, 2.75) is 33.1 Å². The lowest BCUT2D eigenvalue weighted by Crippen LogP contribution is -2.34. The summed E-state index contributed by atoms with van der Waals surface area (Å²) in [5.74, 6) is 1.47. The average Bonchev–Trinajstić information content (AvgIpc) is 3.61. The van der Waals surface area contributed by atoms with Gasteiger partial charge in [0, 0.05) is 33.8 Å². The zero-order valence-corrected chi connectivity index (χ0v) is 23.6.